The molecule has 0 amide bonds. The number of nitrogens with zero attached hydrogens (tertiary/aromatic N) is 1. The van der Waals surface area contributed by atoms with Gasteiger partial charge in [-0.1, -0.05) is 17.7 Å². The summed E-state index contributed by atoms with van der Waals surface area (Å²) < 4.78 is 5.34. The van der Waals surface area contributed by atoms with Crippen molar-refractivity contribution in [2.45, 2.75) is 33.3 Å². The summed E-state index contributed by atoms with van der Waals surface area (Å²) in [6.45, 7) is 10.8. The summed E-state index contributed by atoms with van der Waals surface area (Å²) >= 11 is 0. The standard InChI is InChI=1S/C16H25NO2/c1-12-10-13(2)16(14(3)11-12)15(18)4-5-17-6-8-19-9-7-17/h10-11,15,18H,4-9H2,1-3H3. The van der Waals surface area contributed by atoms with Crippen LogP contribution in [-0.2, 0) is 4.74 Å². The molecule has 1 atom stereocenters. The molecule has 19 heavy (non-hydrogen) atoms. The van der Waals surface area contributed by atoms with Crippen molar-refractivity contribution < 1.29 is 9.84 Å². The van der Waals surface area contributed by atoms with Crippen LogP contribution in [-0.4, -0.2) is 42.9 Å². The van der Waals surface area contributed by atoms with Crippen LogP contribution in [0.4, 0.5) is 0 Å². The van der Waals surface area contributed by atoms with E-state index in [0.717, 1.165) is 44.8 Å². The van der Waals surface area contributed by atoms with Crippen LogP contribution in [0.2, 0.25) is 0 Å². The summed E-state index contributed by atoms with van der Waals surface area (Å²) in [5.41, 5.74) is 4.77. The van der Waals surface area contributed by atoms with Gasteiger partial charge in [0.15, 0.2) is 0 Å². The third-order valence-corrected chi connectivity index (χ3v) is 3.89. The van der Waals surface area contributed by atoms with Crippen molar-refractivity contribution in [3.8, 4) is 0 Å². The number of hydrogen-bond acceptors (Lipinski definition) is 3. The molecule has 1 aliphatic rings. The fourth-order valence-electron chi connectivity index (χ4n) is 2.99. The summed E-state index contributed by atoms with van der Waals surface area (Å²) in [5, 5.41) is 10.4. The highest BCUT2D eigenvalue weighted by molar-refractivity contribution is 5.38. The topological polar surface area (TPSA) is 32.7 Å². The summed E-state index contributed by atoms with van der Waals surface area (Å²) in [5.74, 6) is 0. The molecular formula is C16H25NO2. The van der Waals surface area contributed by atoms with Gasteiger partial charge in [0.2, 0.25) is 0 Å². The largest absolute Gasteiger partial charge is 0.388 e. The molecule has 0 radical (unpaired) electrons. The first kappa shape index (κ1) is 14.5. The molecular weight excluding hydrogens is 238 g/mol. The third kappa shape index (κ3) is 3.78. The summed E-state index contributed by atoms with van der Waals surface area (Å²) in [4.78, 5) is 2.37. The zero-order valence-electron chi connectivity index (χ0n) is 12.3. The van der Waals surface area contributed by atoms with E-state index in [9.17, 15) is 5.11 Å². The molecule has 106 valence electrons. The Bertz CT molecular complexity index is 402. The van der Waals surface area contributed by atoms with Crippen LogP contribution in [0.15, 0.2) is 12.1 Å². The van der Waals surface area contributed by atoms with Gasteiger partial charge in [0.25, 0.3) is 0 Å². The van der Waals surface area contributed by atoms with Gasteiger partial charge in [-0.2, -0.15) is 0 Å². The van der Waals surface area contributed by atoms with Crippen molar-refractivity contribution in [2.75, 3.05) is 32.8 Å². The Hall–Kier alpha value is -0.900. The summed E-state index contributed by atoms with van der Waals surface area (Å²) in [7, 11) is 0. The van der Waals surface area contributed by atoms with E-state index in [-0.39, 0.29) is 6.10 Å². The number of aliphatic hydroxyl groups excluding tert-OH is 1. The Morgan fingerprint density at radius 1 is 1.16 bits per heavy atom. The molecule has 3 heteroatoms. The lowest BCUT2D eigenvalue weighted by molar-refractivity contribution is 0.0299. The average Bonchev–Trinajstić information content (AvgIpc) is 2.36. The lowest BCUT2D eigenvalue weighted by atomic mass is 9.94. The first-order valence-corrected chi connectivity index (χ1v) is 7.14. The Morgan fingerprint density at radius 2 is 1.74 bits per heavy atom. The number of rotatable bonds is 4. The maximum absolute atomic E-state index is 10.4. The smallest absolute Gasteiger partial charge is 0.0807 e. The van der Waals surface area contributed by atoms with Gasteiger partial charge in [0, 0.05) is 19.6 Å². The fraction of sp³-hybridized carbons (Fsp3) is 0.625. The van der Waals surface area contributed by atoms with Crippen molar-refractivity contribution in [3.63, 3.8) is 0 Å². The molecule has 0 bridgehead atoms. The van der Waals surface area contributed by atoms with E-state index in [1.54, 1.807) is 0 Å². The Morgan fingerprint density at radius 3 is 2.32 bits per heavy atom. The minimum absolute atomic E-state index is 0.358. The quantitative estimate of drug-likeness (QED) is 0.905. The molecule has 0 aromatic heterocycles. The molecule has 1 aromatic rings. The van der Waals surface area contributed by atoms with Crippen molar-refractivity contribution in [1.29, 1.82) is 0 Å². The number of ether oxygens (including phenoxy) is 1. The first-order chi connectivity index (χ1) is 9.08. The van der Waals surface area contributed by atoms with Gasteiger partial charge in [0.05, 0.1) is 19.3 Å². The second-order valence-electron chi connectivity index (χ2n) is 5.57. The number of morpholine rings is 1. The van der Waals surface area contributed by atoms with E-state index in [2.05, 4.69) is 37.8 Å². The van der Waals surface area contributed by atoms with Crippen LogP contribution in [0.5, 0.6) is 0 Å². The van der Waals surface area contributed by atoms with E-state index < -0.39 is 0 Å². The van der Waals surface area contributed by atoms with E-state index in [1.165, 1.54) is 16.7 Å². The predicted molar refractivity (Wildman–Crippen MR) is 77.5 cm³/mol. The Kier molecular flexibility index (Phi) is 4.97. The first-order valence-electron chi connectivity index (χ1n) is 7.14. The highest BCUT2D eigenvalue weighted by atomic mass is 16.5. The molecule has 0 saturated carbocycles. The Balaban J connectivity index is 1.97. The van der Waals surface area contributed by atoms with Crippen molar-refractivity contribution in [2.24, 2.45) is 0 Å². The number of aliphatic hydroxyl groups is 1. The van der Waals surface area contributed by atoms with Gasteiger partial charge in [-0.25, -0.2) is 0 Å². The summed E-state index contributed by atoms with van der Waals surface area (Å²) in [6.07, 6.45) is 0.438. The van der Waals surface area contributed by atoms with Gasteiger partial charge in [0.1, 0.15) is 0 Å². The molecule has 1 heterocycles. The zero-order valence-corrected chi connectivity index (χ0v) is 12.3. The normalized spacial score (nSPS) is 18.5. The van der Waals surface area contributed by atoms with Crippen LogP contribution in [0.25, 0.3) is 0 Å². The van der Waals surface area contributed by atoms with Crippen molar-refractivity contribution >= 4 is 0 Å². The molecule has 1 aliphatic heterocycles. The van der Waals surface area contributed by atoms with Crippen LogP contribution in [0.1, 0.15) is 34.8 Å². The highest BCUT2D eigenvalue weighted by Gasteiger charge is 2.16. The maximum atomic E-state index is 10.4. The fourth-order valence-corrected chi connectivity index (χ4v) is 2.99. The van der Waals surface area contributed by atoms with Crippen molar-refractivity contribution in [3.05, 3.63) is 34.4 Å². The lowest BCUT2D eigenvalue weighted by Gasteiger charge is -2.28. The zero-order chi connectivity index (χ0) is 13.8. The number of hydrogen-bond donors (Lipinski definition) is 1. The summed E-state index contributed by atoms with van der Waals surface area (Å²) in [6, 6.07) is 4.31. The average molecular weight is 263 g/mol. The van der Waals surface area contributed by atoms with Gasteiger partial charge in [-0.15, -0.1) is 0 Å². The Labute approximate surface area is 116 Å². The van der Waals surface area contributed by atoms with Crippen LogP contribution >= 0.6 is 0 Å². The monoisotopic (exact) mass is 263 g/mol. The molecule has 0 spiro atoms. The van der Waals surface area contributed by atoms with E-state index in [4.69, 9.17) is 4.74 Å². The SMILES string of the molecule is Cc1cc(C)c(C(O)CCN2CCOCC2)c(C)c1. The number of aryl methyl sites for hydroxylation is 3. The number of benzene rings is 1. The molecule has 1 aromatic carbocycles. The molecule has 1 saturated heterocycles. The minimum atomic E-state index is -0.358. The minimum Gasteiger partial charge on any atom is -0.388 e. The highest BCUT2D eigenvalue weighted by Crippen LogP contribution is 2.26. The molecule has 2 rings (SSSR count). The predicted octanol–water partition coefficient (Wildman–Crippen LogP) is 2.37. The van der Waals surface area contributed by atoms with Gasteiger partial charge >= 0.3 is 0 Å². The molecule has 1 unspecified atom stereocenters. The van der Waals surface area contributed by atoms with E-state index in [0.29, 0.717) is 0 Å². The molecule has 0 aliphatic carbocycles. The lowest BCUT2D eigenvalue weighted by Crippen LogP contribution is -2.37. The van der Waals surface area contributed by atoms with E-state index >= 15 is 0 Å². The van der Waals surface area contributed by atoms with Crippen molar-refractivity contribution in [1.82, 2.24) is 4.90 Å². The molecule has 1 fully saturated rings. The second-order valence-corrected chi connectivity index (χ2v) is 5.57. The van der Waals surface area contributed by atoms with E-state index in [1.807, 2.05) is 0 Å². The van der Waals surface area contributed by atoms with Gasteiger partial charge < -0.3 is 9.84 Å². The van der Waals surface area contributed by atoms with Crippen LogP contribution in [0.3, 0.4) is 0 Å². The van der Waals surface area contributed by atoms with Crippen LogP contribution in [0, 0.1) is 20.8 Å². The second kappa shape index (κ2) is 6.51. The van der Waals surface area contributed by atoms with Crippen LogP contribution < -0.4 is 0 Å². The maximum Gasteiger partial charge on any atom is 0.0807 e. The molecule has 1 N–H and O–H groups in total. The van der Waals surface area contributed by atoms with Gasteiger partial charge in [-0.05, 0) is 43.9 Å². The molecule has 3 nitrogen and oxygen atoms in total. The van der Waals surface area contributed by atoms with Gasteiger partial charge in [-0.3, -0.25) is 4.90 Å². The third-order valence-electron chi connectivity index (χ3n) is 3.89.